The maximum atomic E-state index is 5.52. The first kappa shape index (κ1) is 14.0. The molecular weight excluding hydrogens is 280 g/mol. The highest BCUT2D eigenvalue weighted by molar-refractivity contribution is 7.09. The van der Waals surface area contributed by atoms with Gasteiger partial charge in [-0.25, -0.2) is 4.98 Å². The van der Waals surface area contributed by atoms with E-state index in [-0.39, 0.29) is 6.04 Å². The van der Waals surface area contributed by atoms with Crippen molar-refractivity contribution >= 4 is 22.1 Å². The summed E-state index contributed by atoms with van der Waals surface area (Å²) in [5, 5.41) is 9.11. The minimum atomic E-state index is 0.230. The first-order valence-electron chi connectivity index (χ1n) is 6.97. The number of hydrogen-bond acceptors (Lipinski definition) is 4. The molecule has 21 heavy (non-hydrogen) atoms. The van der Waals surface area contributed by atoms with Crippen LogP contribution in [0.3, 0.4) is 0 Å². The van der Waals surface area contributed by atoms with E-state index in [0.717, 1.165) is 17.3 Å². The van der Waals surface area contributed by atoms with Crippen LogP contribution in [-0.2, 0) is 6.54 Å². The van der Waals surface area contributed by atoms with Crippen LogP contribution >= 0.6 is 11.3 Å². The standard InChI is InChI=1S/C17H18N2OS/c1-12(17-18-9-10-21-17)19-11-15-14-6-4-3-5-13(14)7-8-16(15)20-2/h3-10,12,19H,11H2,1-2H3. The van der Waals surface area contributed by atoms with Crippen LogP contribution in [0, 0.1) is 0 Å². The highest BCUT2D eigenvalue weighted by atomic mass is 32.1. The van der Waals surface area contributed by atoms with Gasteiger partial charge in [0.25, 0.3) is 0 Å². The fourth-order valence-electron chi connectivity index (χ4n) is 2.48. The van der Waals surface area contributed by atoms with Gasteiger partial charge in [0.15, 0.2) is 0 Å². The third kappa shape index (κ3) is 2.91. The third-order valence-electron chi connectivity index (χ3n) is 3.62. The van der Waals surface area contributed by atoms with Crippen LogP contribution in [0.2, 0.25) is 0 Å². The number of nitrogens with one attached hydrogen (secondary N) is 1. The van der Waals surface area contributed by atoms with Crippen LogP contribution in [-0.4, -0.2) is 12.1 Å². The summed E-state index contributed by atoms with van der Waals surface area (Å²) in [6.45, 7) is 2.89. The van der Waals surface area contributed by atoms with Crippen LogP contribution in [0.4, 0.5) is 0 Å². The Morgan fingerprint density at radius 3 is 2.86 bits per heavy atom. The Morgan fingerprint density at radius 2 is 2.10 bits per heavy atom. The molecule has 1 N–H and O–H groups in total. The summed E-state index contributed by atoms with van der Waals surface area (Å²) in [4.78, 5) is 4.36. The lowest BCUT2D eigenvalue weighted by Crippen LogP contribution is -2.18. The summed E-state index contributed by atoms with van der Waals surface area (Å²) in [5.41, 5.74) is 1.19. The molecule has 0 amide bonds. The molecule has 1 heterocycles. The van der Waals surface area contributed by atoms with Gasteiger partial charge in [0.1, 0.15) is 10.8 Å². The monoisotopic (exact) mass is 298 g/mol. The number of rotatable bonds is 5. The molecule has 0 aliphatic carbocycles. The molecule has 0 fully saturated rings. The second-order valence-electron chi connectivity index (χ2n) is 4.94. The number of nitrogens with zero attached hydrogens (tertiary/aromatic N) is 1. The van der Waals surface area contributed by atoms with Crippen molar-refractivity contribution in [3.63, 3.8) is 0 Å². The molecular formula is C17H18N2OS. The first-order chi connectivity index (χ1) is 10.3. The predicted molar refractivity (Wildman–Crippen MR) is 87.9 cm³/mol. The quantitative estimate of drug-likeness (QED) is 0.768. The highest BCUT2D eigenvalue weighted by Gasteiger charge is 2.11. The van der Waals surface area contributed by atoms with E-state index in [4.69, 9.17) is 4.74 Å². The van der Waals surface area contributed by atoms with Crippen molar-refractivity contribution in [2.45, 2.75) is 19.5 Å². The second-order valence-corrected chi connectivity index (χ2v) is 5.87. The number of methoxy groups -OCH3 is 1. The number of fused-ring (bicyclic) bond motifs is 1. The van der Waals surface area contributed by atoms with Crippen LogP contribution in [0.1, 0.15) is 23.5 Å². The Bertz CT molecular complexity index is 725. The average molecular weight is 298 g/mol. The van der Waals surface area contributed by atoms with E-state index in [1.54, 1.807) is 18.4 Å². The predicted octanol–water partition coefficient (Wildman–Crippen LogP) is 4.16. The maximum absolute atomic E-state index is 5.52. The van der Waals surface area contributed by atoms with Crippen molar-refractivity contribution in [3.05, 3.63) is 58.5 Å². The summed E-state index contributed by atoms with van der Waals surface area (Å²) in [6.07, 6.45) is 1.84. The zero-order chi connectivity index (χ0) is 14.7. The van der Waals surface area contributed by atoms with E-state index in [1.807, 2.05) is 17.6 Å². The number of hydrogen-bond donors (Lipinski definition) is 1. The zero-order valence-electron chi connectivity index (χ0n) is 12.2. The first-order valence-corrected chi connectivity index (χ1v) is 7.85. The van der Waals surface area contributed by atoms with Crippen LogP contribution in [0.15, 0.2) is 48.0 Å². The SMILES string of the molecule is COc1ccc2ccccc2c1CNC(C)c1nccs1. The van der Waals surface area contributed by atoms with Gasteiger partial charge in [0, 0.05) is 23.7 Å². The van der Waals surface area contributed by atoms with Crippen molar-refractivity contribution in [2.24, 2.45) is 0 Å². The Morgan fingerprint density at radius 1 is 1.24 bits per heavy atom. The van der Waals surface area contributed by atoms with Crippen molar-refractivity contribution in [2.75, 3.05) is 7.11 Å². The number of ether oxygens (including phenoxy) is 1. The lowest BCUT2D eigenvalue weighted by Gasteiger charge is -2.15. The van der Waals surface area contributed by atoms with Gasteiger partial charge in [0.2, 0.25) is 0 Å². The van der Waals surface area contributed by atoms with E-state index in [2.05, 4.69) is 47.6 Å². The molecule has 0 radical (unpaired) electrons. The number of benzene rings is 2. The molecule has 3 nitrogen and oxygen atoms in total. The highest BCUT2D eigenvalue weighted by Crippen LogP contribution is 2.28. The van der Waals surface area contributed by atoms with Crippen molar-refractivity contribution in [1.82, 2.24) is 10.3 Å². The van der Waals surface area contributed by atoms with Crippen LogP contribution in [0.25, 0.3) is 10.8 Å². The zero-order valence-corrected chi connectivity index (χ0v) is 13.0. The maximum Gasteiger partial charge on any atom is 0.123 e. The molecule has 1 atom stereocenters. The number of thiazole rings is 1. The average Bonchev–Trinajstić information content (AvgIpc) is 3.06. The summed E-state index contributed by atoms with van der Waals surface area (Å²) in [6, 6.07) is 12.8. The minimum Gasteiger partial charge on any atom is -0.496 e. The summed E-state index contributed by atoms with van der Waals surface area (Å²) < 4.78 is 5.52. The molecule has 1 aromatic heterocycles. The Hall–Kier alpha value is -1.91. The molecule has 0 spiro atoms. The molecule has 4 heteroatoms. The number of aromatic nitrogens is 1. The molecule has 3 aromatic rings. The summed E-state index contributed by atoms with van der Waals surface area (Å²) >= 11 is 1.67. The molecule has 0 saturated heterocycles. The molecule has 108 valence electrons. The Balaban J connectivity index is 1.88. The minimum absolute atomic E-state index is 0.230. The van der Waals surface area contributed by atoms with Gasteiger partial charge in [-0.1, -0.05) is 30.3 Å². The van der Waals surface area contributed by atoms with E-state index >= 15 is 0 Å². The molecule has 2 aromatic carbocycles. The van der Waals surface area contributed by atoms with Gasteiger partial charge < -0.3 is 10.1 Å². The lowest BCUT2D eigenvalue weighted by molar-refractivity contribution is 0.407. The van der Waals surface area contributed by atoms with Gasteiger partial charge in [-0.3, -0.25) is 0 Å². The second kappa shape index (κ2) is 6.24. The largest absolute Gasteiger partial charge is 0.496 e. The smallest absolute Gasteiger partial charge is 0.123 e. The van der Waals surface area contributed by atoms with Gasteiger partial charge in [-0.2, -0.15) is 0 Å². The fraction of sp³-hybridized carbons (Fsp3) is 0.235. The molecule has 0 bridgehead atoms. The molecule has 0 aliphatic heterocycles. The van der Waals surface area contributed by atoms with E-state index in [0.29, 0.717) is 0 Å². The third-order valence-corrected chi connectivity index (χ3v) is 4.58. The van der Waals surface area contributed by atoms with E-state index in [9.17, 15) is 0 Å². The summed E-state index contributed by atoms with van der Waals surface area (Å²) in [5.74, 6) is 0.924. The van der Waals surface area contributed by atoms with E-state index < -0.39 is 0 Å². The van der Waals surface area contributed by atoms with Gasteiger partial charge in [-0.05, 0) is 23.8 Å². The summed E-state index contributed by atoms with van der Waals surface area (Å²) in [7, 11) is 1.72. The Kier molecular flexibility index (Phi) is 4.18. The fourth-order valence-corrected chi connectivity index (χ4v) is 3.15. The Labute approximate surface area is 128 Å². The van der Waals surface area contributed by atoms with E-state index in [1.165, 1.54) is 16.3 Å². The van der Waals surface area contributed by atoms with Crippen molar-refractivity contribution in [3.8, 4) is 5.75 Å². The topological polar surface area (TPSA) is 34.1 Å². The molecule has 1 unspecified atom stereocenters. The van der Waals surface area contributed by atoms with Crippen LogP contribution in [0.5, 0.6) is 5.75 Å². The lowest BCUT2D eigenvalue weighted by atomic mass is 10.0. The van der Waals surface area contributed by atoms with Crippen molar-refractivity contribution in [1.29, 1.82) is 0 Å². The van der Waals surface area contributed by atoms with Crippen LogP contribution < -0.4 is 10.1 Å². The normalized spacial score (nSPS) is 12.5. The van der Waals surface area contributed by atoms with Gasteiger partial charge in [-0.15, -0.1) is 11.3 Å². The molecule has 3 rings (SSSR count). The van der Waals surface area contributed by atoms with Gasteiger partial charge in [0.05, 0.1) is 13.2 Å². The molecule has 0 saturated carbocycles. The van der Waals surface area contributed by atoms with Crippen molar-refractivity contribution < 1.29 is 4.74 Å². The van der Waals surface area contributed by atoms with Gasteiger partial charge >= 0.3 is 0 Å². The molecule has 0 aliphatic rings.